The smallest absolute Gasteiger partial charge is 0.0388 e. The second kappa shape index (κ2) is 3.60. The third-order valence-electron chi connectivity index (χ3n) is 3.72. The van der Waals surface area contributed by atoms with Crippen LogP contribution in [0.25, 0.3) is 0 Å². The van der Waals surface area contributed by atoms with Crippen LogP contribution in [-0.2, 0) is 0 Å². The molecule has 0 bridgehead atoms. The molecule has 0 nitrogen and oxygen atoms in total. The molecule has 0 amide bonds. The molecule has 0 N–H and O–H groups in total. The summed E-state index contributed by atoms with van der Waals surface area (Å²) < 4.78 is 0. The fourth-order valence-electron chi connectivity index (χ4n) is 2.52. The summed E-state index contributed by atoms with van der Waals surface area (Å²) in [6.45, 7) is 9.59. The Hall–Kier alpha value is 0. The Bertz CT molecular complexity index is 117. The van der Waals surface area contributed by atoms with E-state index in [1.54, 1.807) is 0 Å². The predicted molar refractivity (Wildman–Crippen MR) is 50.5 cm³/mol. The van der Waals surface area contributed by atoms with Gasteiger partial charge >= 0.3 is 0 Å². The maximum atomic E-state index is 2.43. The van der Waals surface area contributed by atoms with Crippen molar-refractivity contribution in [3.63, 3.8) is 0 Å². The van der Waals surface area contributed by atoms with E-state index in [-0.39, 0.29) is 0 Å². The first-order valence-corrected chi connectivity index (χ1v) is 5.15. The van der Waals surface area contributed by atoms with Crippen LogP contribution in [0.1, 0.15) is 47.0 Å². The van der Waals surface area contributed by atoms with Gasteiger partial charge in [0.2, 0.25) is 0 Å². The average molecular weight is 154 g/mol. The first-order chi connectivity index (χ1) is 5.15. The van der Waals surface area contributed by atoms with Crippen LogP contribution < -0.4 is 0 Å². The molecule has 1 fully saturated rings. The fraction of sp³-hybridized carbons (Fsp3) is 1.00. The van der Waals surface area contributed by atoms with Gasteiger partial charge in [-0.15, -0.1) is 0 Å². The van der Waals surface area contributed by atoms with Gasteiger partial charge in [0.1, 0.15) is 0 Å². The van der Waals surface area contributed by atoms with E-state index < -0.39 is 0 Å². The summed E-state index contributed by atoms with van der Waals surface area (Å²) in [5.74, 6) is 3.93. The molecule has 0 spiro atoms. The highest BCUT2D eigenvalue weighted by Crippen LogP contribution is 2.38. The summed E-state index contributed by atoms with van der Waals surface area (Å²) in [5.41, 5.74) is 0. The molecule has 1 saturated carbocycles. The summed E-state index contributed by atoms with van der Waals surface area (Å²) in [6, 6.07) is 0. The van der Waals surface area contributed by atoms with E-state index in [0.717, 1.165) is 23.7 Å². The Morgan fingerprint density at radius 2 is 1.45 bits per heavy atom. The van der Waals surface area contributed by atoms with Gasteiger partial charge in [-0.25, -0.2) is 0 Å². The van der Waals surface area contributed by atoms with Crippen molar-refractivity contribution in [3.8, 4) is 0 Å². The molecule has 0 heterocycles. The molecule has 1 aliphatic rings. The number of rotatable bonds is 1. The Morgan fingerprint density at radius 1 is 0.909 bits per heavy atom. The van der Waals surface area contributed by atoms with Crippen molar-refractivity contribution in [3.05, 3.63) is 0 Å². The lowest BCUT2D eigenvalue weighted by molar-refractivity contribution is 0.141. The standard InChI is InChI=1S/C11H22/c1-5-11-7-9(3)8(2)6-10(11)4/h8-11H,5-7H2,1-4H3/t8-,9?,10+,11?/m0/s1. The van der Waals surface area contributed by atoms with Crippen molar-refractivity contribution in [2.75, 3.05) is 0 Å². The number of hydrogen-bond donors (Lipinski definition) is 0. The topological polar surface area (TPSA) is 0 Å². The van der Waals surface area contributed by atoms with Crippen LogP contribution in [0.5, 0.6) is 0 Å². The van der Waals surface area contributed by atoms with Gasteiger partial charge in [-0.3, -0.25) is 0 Å². The van der Waals surface area contributed by atoms with Crippen molar-refractivity contribution in [1.29, 1.82) is 0 Å². The molecule has 0 radical (unpaired) electrons. The van der Waals surface area contributed by atoms with Crippen molar-refractivity contribution < 1.29 is 0 Å². The van der Waals surface area contributed by atoms with E-state index in [2.05, 4.69) is 27.7 Å². The molecule has 11 heavy (non-hydrogen) atoms. The van der Waals surface area contributed by atoms with E-state index in [0.29, 0.717) is 0 Å². The quantitative estimate of drug-likeness (QED) is 0.540. The van der Waals surface area contributed by atoms with Gasteiger partial charge in [0.15, 0.2) is 0 Å². The lowest BCUT2D eigenvalue weighted by Gasteiger charge is -2.36. The van der Waals surface area contributed by atoms with Gasteiger partial charge in [0.25, 0.3) is 0 Å². The van der Waals surface area contributed by atoms with Gasteiger partial charge in [0.05, 0.1) is 0 Å². The Labute approximate surface area is 71.4 Å². The van der Waals surface area contributed by atoms with E-state index in [1.807, 2.05) is 0 Å². The summed E-state index contributed by atoms with van der Waals surface area (Å²) in [7, 11) is 0. The van der Waals surface area contributed by atoms with Gasteiger partial charge in [-0.1, -0.05) is 34.1 Å². The van der Waals surface area contributed by atoms with Crippen molar-refractivity contribution in [2.45, 2.75) is 47.0 Å². The molecule has 1 aliphatic carbocycles. The molecule has 0 aliphatic heterocycles. The third-order valence-corrected chi connectivity index (χ3v) is 3.72. The molecule has 0 saturated heterocycles. The van der Waals surface area contributed by atoms with Crippen molar-refractivity contribution in [1.82, 2.24) is 0 Å². The van der Waals surface area contributed by atoms with E-state index in [1.165, 1.54) is 19.3 Å². The largest absolute Gasteiger partial charge is 0.0651 e. The van der Waals surface area contributed by atoms with Crippen LogP contribution in [0, 0.1) is 23.7 Å². The molecule has 2 unspecified atom stereocenters. The van der Waals surface area contributed by atoms with E-state index in [9.17, 15) is 0 Å². The molecule has 0 aromatic heterocycles. The molecular formula is C11H22. The number of hydrogen-bond acceptors (Lipinski definition) is 0. The normalized spacial score (nSPS) is 45.8. The van der Waals surface area contributed by atoms with Crippen molar-refractivity contribution >= 4 is 0 Å². The van der Waals surface area contributed by atoms with Crippen LogP contribution in [0.3, 0.4) is 0 Å². The molecule has 66 valence electrons. The molecule has 1 rings (SSSR count). The minimum absolute atomic E-state index is 0.966. The summed E-state index contributed by atoms with van der Waals surface area (Å²) >= 11 is 0. The highest BCUT2D eigenvalue weighted by atomic mass is 14.3. The molecule has 4 atom stereocenters. The SMILES string of the molecule is CCC1CC(C)[C@@H](C)C[C@H]1C. The monoisotopic (exact) mass is 154 g/mol. The molecular weight excluding hydrogens is 132 g/mol. The summed E-state index contributed by atoms with van der Waals surface area (Å²) in [6.07, 6.45) is 4.32. The molecule has 0 aromatic rings. The maximum absolute atomic E-state index is 2.43. The minimum atomic E-state index is 0.966. The van der Waals surface area contributed by atoms with Crippen LogP contribution in [0.15, 0.2) is 0 Å². The lowest BCUT2D eigenvalue weighted by atomic mass is 9.69. The molecule has 0 aromatic carbocycles. The van der Waals surface area contributed by atoms with Gasteiger partial charge in [-0.2, -0.15) is 0 Å². The second-order valence-electron chi connectivity index (χ2n) is 4.57. The zero-order valence-electron chi connectivity index (χ0n) is 8.43. The summed E-state index contributed by atoms with van der Waals surface area (Å²) in [5, 5.41) is 0. The summed E-state index contributed by atoms with van der Waals surface area (Å²) in [4.78, 5) is 0. The fourth-order valence-corrected chi connectivity index (χ4v) is 2.52. The first kappa shape index (κ1) is 9.09. The minimum Gasteiger partial charge on any atom is -0.0651 e. The van der Waals surface area contributed by atoms with Gasteiger partial charge < -0.3 is 0 Å². The Morgan fingerprint density at radius 3 is 2.00 bits per heavy atom. The Balaban J connectivity index is 2.48. The molecule has 0 heteroatoms. The zero-order chi connectivity index (χ0) is 8.43. The average Bonchev–Trinajstić information content (AvgIpc) is 1.97. The zero-order valence-corrected chi connectivity index (χ0v) is 8.43. The van der Waals surface area contributed by atoms with Crippen LogP contribution in [-0.4, -0.2) is 0 Å². The van der Waals surface area contributed by atoms with Gasteiger partial charge in [0, 0.05) is 0 Å². The van der Waals surface area contributed by atoms with E-state index >= 15 is 0 Å². The van der Waals surface area contributed by atoms with Crippen LogP contribution in [0.2, 0.25) is 0 Å². The highest BCUT2D eigenvalue weighted by molar-refractivity contribution is 4.79. The third kappa shape index (κ3) is 1.98. The van der Waals surface area contributed by atoms with E-state index in [4.69, 9.17) is 0 Å². The second-order valence-corrected chi connectivity index (χ2v) is 4.57. The first-order valence-electron chi connectivity index (χ1n) is 5.15. The van der Waals surface area contributed by atoms with Crippen molar-refractivity contribution in [2.24, 2.45) is 23.7 Å². The predicted octanol–water partition coefficient (Wildman–Crippen LogP) is 3.71. The van der Waals surface area contributed by atoms with Crippen LogP contribution in [0.4, 0.5) is 0 Å². The lowest BCUT2D eigenvalue weighted by Crippen LogP contribution is -2.27. The maximum Gasteiger partial charge on any atom is -0.0388 e. The Kier molecular flexibility index (Phi) is 2.98. The van der Waals surface area contributed by atoms with Gasteiger partial charge in [-0.05, 0) is 36.5 Å². The highest BCUT2D eigenvalue weighted by Gasteiger charge is 2.28. The van der Waals surface area contributed by atoms with Crippen LogP contribution >= 0.6 is 0 Å².